The fourth-order valence-electron chi connectivity index (χ4n) is 3.52. The average Bonchev–Trinajstić information content (AvgIpc) is 3.27. The lowest BCUT2D eigenvalue weighted by Gasteiger charge is -2.26. The number of hydrogen-bond acceptors (Lipinski definition) is 5. The van der Waals surface area contributed by atoms with Crippen LogP contribution < -0.4 is 5.32 Å². The maximum atomic E-state index is 12.8. The van der Waals surface area contributed by atoms with Gasteiger partial charge in [-0.05, 0) is 44.2 Å². The van der Waals surface area contributed by atoms with E-state index in [2.05, 4.69) is 26.7 Å². The smallest absolute Gasteiger partial charge is 0.356 e. The molecule has 2 rings (SSSR count). The van der Waals surface area contributed by atoms with Gasteiger partial charge in [0.25, 0.3) is 0 Å². The molecule has 1 N–H and O–H groups in total. The first-order valence-corrected chi connectivity index (χ1v) is 11.8. The van der Waals surface area contributed by atoms with E-state index >= 15 is 0 Å². The van der Waals surface area contributed by atoms with E-state index in [1.165, 1.54) is 4.90 Å². The monoisotopic (exact) mass is 449 g/mol. The first-order valence-electron chi connectivity index (χ1n) is 10.4. The molecule has 11 heteroatoms. The van der Waals surface area contributed by atoms with E-state index in [4.69, 9.17) is 4.99 Å². The molecule has 1 unspecified atom stereocenters. The second-order valence-electron chi connectivity index (χ2n) is 7.68. The Balaban J connectivity index is 1.99. The highest BCUT2D eigenvalue weighted by atomic mass is 32.2. The van der Waals surface area contributed by atoms with E-state index in [1.807, 2.05) is 18.5 Å². The summed E-state index contributed by atoms with van der Waals surface area (Å²) < 4.78 is 40.2. The van der Waals surface area contributed by atoms with Gasteiger partial charge in [-0.1, -0.05) is 6.92 Å². The van der Waals surface area contributed by atoms with Crippen molar-refractivity contribution in [1.82, 2.24) is 29.9 Å². The van der Waals surface area contributed by atoms with Gasteiger partial charge in [-0.15, -0.1) is 10.2 Å². The molecule has 1 saturated heterocycles. The molecule has 2 heterocycles. The summed E-state index contributed by atoms with van der Waals surface area (Å²) in [5.41, 5.74) is 0. The van der Waals surface area contributed by atoms with Gasteiger partial charge in [0.2, 0.25) is 0 Å². The third-order valence-electron chi connectivity index (χ3n) is 5.31. The standard InChI is InChI=1S/C19H34F3N7S/c1-5-28(14-19(20,21)22)12-16-7-9-29(13-16)18(23-8-6-10-30-4)24-11-17-26-25-15(2)27(17)3/h16H,5-14H2,1-4H3,(H,23,24). The van der Waals surface area contributed by atoms with Crippen LogP contribution in [-0.4, -0.2) is 88.0 Å². The van der Waals surface area contributed by atoms with Crippen molar-refractivity contribution < 1.29 is 13.2 Å². The number of thioether (sulfide) groups is 1. The number of alkyl halides is 3. The number of nitrogens with zero attached hydrogens (tertiary/aromatic N) is 6. The zero-order chi connectivity index (χ0) is 22.1. The molecule has 30 heavy (non-hydrogen) atoms. The van der Waals surface area contributed by atoms with Crippen molar-refractivity contribution in [3.8, 4) is 0 Å². The van der Waals surface area contributed by atoms with E-state index in [1.54, 1.807) is 18.7 Å². The fourth-order valence-corrected chi connectivity index (χ4v) is 3.95. The second kappa shape index (κ2) is 11.8. The van der Waals surface area contributed by atoms with Crippen LogP contribution in [0.5, 0.6) is 0 Å². The van der Waals surface area contributed by atoms with Crippen LogP contribution in [0.25, 0.3) is 0 Å². The van der Waals surface area contributed by atoms with Crippen LogP contribution in [0.15, 0.2) is 4.99 Å². The quantitative estimate of drug-likeness (QED) is 0.337. The normalized spacial score (nSPS) is 17.9. The zero-order valence-electron chi connectivity index (χ0n) is 18.4. The summed E-state index contributed by atoms with van der Waals surface area (Å²) in [6.45, 7) is 6.41. The lowest BCUT2D eigenvalue weighted by atomic mass is 10.1. The summed E-state index contributed by atoms with van der Waals surface area (Å²) in [6, 6.07) is 0. The minimum absolute atomic E-state index is 0.197. The Bertz CT molecular complexity index is 678. The number of aromatic nitrogens is 3. The molecule has 1 fully saturated rings. The predicted molar refractivity (Wildman–Crippen MR) is 116 cm³/mol. The predicted octanol–water partition coefficient (Wildman–Crippen LogP) is 2.53. The molecule has 1 atom stereocenters. The number of aryl methyl sites for hydroxylation is 1. The number of nitrogens with one attached hydrogen (secondary N) is 1. The minimum Gasteiger partial charge on any atom is -0.356 e. The number of likely N-dealkylation sites (tertiary alicyclic amines) is 1. The topological polar surface area (TPSA) is 61.6 Å². The molecule has 7 nitrogen and oxygen atoms in total. The molecule has 1 aliphatic heterocycles. The van der Waals surface area contributed by atoms with E-state index in [0.717, 1.165) is 49.3 Å². The molecule has 0 bridgehead atoms. The van der Waals surface area contributed by atoms with Gasteiger partial charge in [-0.2, -0.15) is 24.9 Å². The van der Waals surface area contributed by atoms with Crippen LogP contribution in [0.2, 0.25) is 0 Å². The summed E-state index contributed by atoms with van der Waals surface area (Å²) in [5, 5.41) is 11.7. The summed E-state index contributed by atoms with van der Waals surface area (Å²) >= 11 is 1.80. The number of guanidine groups is 1. The summed E-state index contributed by atoms with van der Waals surface area (Å²) in [6.07, 6.45) is -0.191. The van der Waals surface area contributed by atoms with Crippen LogP contribution in [0.1, 0.15) is 31.4 Å². The van der Waals surface area contributed by atoms with Crippen LogP contribution in [0, 0.1) is 12.8 Å². The fraction of sp³-hybridized carbons (Fsp3) is 0.842. The van der Waals surface area contributed by atoms with E-state index in [0.29, 0.717) is 26.2 Å². The maximum absolute atomic E-state index is 12.8. The highest BCUT2D eigenvalue weighted by molar-refractivity contribution is 7.98. The Morgan fingerprint density at radius 1 is 1.37 bits per heavy atom. The summed E-state index contributed by atoms with van der Waals surface area (Å²) in [7, 11) is 1.91. The Morgan fingerprint density at radius 2 is 2.13 bits per heavy atom. The number of rotatable bonds is 10. The van der Waals surface area contributed by atoms with Crippen LogP contribution in [-0.2, 0) is 13.6 Å². The largest absolute Gasteiger partial charge is 0.401 e. The maximum Gasteiger partial charge on any atom is 0.401 e. The number of hydrogen-bond donors (Lipinski definition) is 1. The van der Waals surface area contributed by atoms with Crippen molar-refractivity contribution in [3.05, 3.63) is 11.6 Å². The molecule has 0 aromatic carbocycles. The molecule has 0 saturated carbocycles. The summed E-state index contributed by atoms with van der Waals surface area (Å²) in [5.74, 6) is 3.68. The van der Waals surface area contributed by atoms with Gasteiger partial charge in [0.05, 0.1) is 6.54 Å². The van der Waals surface area contributed by atoms with Crippen molar-refractivity contribution in [1.29, 1.82) is 0 Å². The Hall–Kier alpha value is -1.49. The van der Waals surface area contributed by atoms with E-state index in [-0.39, 0.29) is 5.92 Å². The number of aliphatic imine (C=N–C) groups is 1. The third kappa shape index (κ3) is 7.98. The van der Waals surface area contributed by atoms with Crippen molar-refractivity contribution in [2.45, 2.75) is 39.4 Å². The van der Waals surface area contributed by atoms with Gasteiger partial charge < -0.3 is 14.8 Å². The first kappa shape index (κ1) is 24.8. The van der Waals surface area contributed by atoms with Gasteiger partial charge in [0, 0.05) is 33.2 Å². The van der Waals surface area contributed by atoms with Crippen LogP contribution in [0.4, 0.5) is 13.2 Å². The van der Waals surface area contributed by atoms with Gasteiger partial charge in [-0.25, -0.2) is 4.99 Å². The first-order chi connectivity index (χ1) is 14.2. The van der Waals surface area contributed by atoms with Crippen molar-refractivity contribution in [2.24, 2.45) is 18.0 Å². The van der Waals surface area contributed by atoms with E-state index < -0.39 is 12.7 Å². The lowest BCUT2D eigenvalue weighted by Crippen LogP contribution is -2.42. The highest BCUT2D eigenvalue weighted by Crippen LogP contribution is 2.21. The lowest BCUT2D eigenvalue weighted by molar-refractivity contribution is -0.146. The third-order valence-corrected chi connectivity index (χ3v) is 6.01. The van der Waals surface area contributed by atoms with Gasteiger partial charge in [0.1, 0.15) is 12.4 Å². The number of halogens is 3. The summed E-state index contributed by atoms with van der Waals surface area (Å²) in [4.78, 5) is 8.40. The highest BCUT2D eigenvalue weighted by Gasteiger charge is 2.33. The molecule has 0 amide bonds. The molecule has 0 radical (unpaired) electrons. The zero-order valence-corrected chi connectivity index (χ0v) is 19.2. The van der Waals surface area contributed by atoms with Crippen molar-refractivity contribution >= 4 is 17.7 Å². The average molecular weight is 450 g/mol. The Kier molecular flexibility index (Phi) is 9.73. The van der Waals surface area contributed by atoms with E-state index in [9.17, 15) is 13.2 Å². The molecule has 1 aromatic heterocycles. The second-order valence-corrected chi connectivity index (χ2v) is 8.66. The van der Waals surface area contributed by atoms with Crippen molar-refractivity contribution in [2.75, 3.05) is 51.3 Å². The molecule has 0 spiro atoms. The van der Waals surface area contributed by atoms with Crippen LogP contribution >= 0.6 is 11.8 Å². The van der Waals surface area contributed by atoms with Gasteiger partial charge in [0.15, 0.2) is 11.8 Å². The van der Waals surface area contributed by atoms with Gasteiger partial charge in [-0.3, -0.25) is 4.90 Å². The molecular weight excluding hydrogens is 415 g/mol. The van der Waals surface area contributed by atoms with Crippen LogP contribution in [0.3, 0.4) is 0 Å². The Labute approximate surface area is 181 Å². The minimum atomic E-state index is -4.16. The molecule has 1 aliphatic rings. The Morgan fingerprint density at radius 3 is 2.73 bits per heavy atom. The molecule has 0 aliphatic carbocycles. The molecular formula is C19H34F3N7S. The molecule has 172 valence electrons. The van der Waals surface area contributed by atoms with Gasteiger partial charge >= 0.3 is 6.18 Å². The molecule has 1 aromatic rings. The van der Waals surface area contributed by atoms with Crippen molar-refractivity contribution in [3.63, 3.8) is 0 Å². The SMILES string of the molecule is CCN(CC1CCN(C(=NCc2nnc(C)n2C)NCCCSC)C1)CC(F)(F)F.